The van der Waals surface area contributed by atoms with E-state index in [2.05, 4.69) is 26.3 Å². The Hall–Kier alpha value is -0.820. The standard InChI is InChI=1S/C22H32O3/c1-5-22(25)13(2)10-17-19-16(7-9-21(17,22)4)20(3)8-6-15(23)11-14(20)12-18(19)24/h1,14-19,23-25H,2,6-12H2,3-4H3/t14-,15-,16?,17?,18-,19?,20-,21-,22-/m0/s1. The van der Waals surface area contributed by atoms with E-state index in [0.29, 0.717) is 11.8 Å². The third-order valence-electron chi connectivity index (χ3n) is 9.06. The molecule has 0 bridgehead atoms. The second-order valence-electron chi connectivity index (χ2n) is 9.84. The zero-order chi connectivity index (χ0) is 18.2. The van der Waals surface area contributed by atoms with E-state index in [9.17, 15) is 15.3 Å². The largest absolute Gasteiger partial charge is 0.393 e. The lowest BCUT2D eigenvalue weighted by atomic mass is 9.43. The van der Waals surface area contributed by atoms with Gasteiger partial charge in [-0.25, -0.2) is 0 Å². The van der Waals surface area contributed by atoms with Crippen LogP contribution in [0.15, 0.2) is 12.2 Å². The van der Waals surface area contributed by atoms with Gasteiger partial charge in [-0.3, -0.25) is 0 Å². The van der Waals surface area contributed by atoms with Gasteiger partial charge in [0.2, 0.25) is 0 Å². The number of fused-ring (bicyclic) bond motifs is 5. The molecule has 0 aromatic heterocycles. The first-order chi connectivity index (χ1) is 11.7. The summed E-state index contributed by atoms with van der Waals surface area (Å²) >= 11 is 0. The van der Waals surface area contributed by atoms with Gasteiger partial charge in [0.25, 0.3) is 0 Å². The van der Waals surface area contributed by atoms with Crippen LogP contribution in [0.5, 0.6) is 0 Å². The van der Waals surface area contributed by atoms with Gasteiger partial charge in [-0.1, -0.05) is 26.3 Å². The van der Waals surface area contributed by atoms with Crippen molar-refractivity contribution in [2.24, 2.45) is 34.5 Å². The Kier molecular flexibility index (Phi) is 3.76. The summed E-state index contributed by atoms with van der Waals surface area (Å²) in [6.45, 7) is 8.60. The molecule has 0 aliphatic heterocycles. The number of hydrogen-bond acceptors (Lipinski definition) is 3. The Bertz CT molecular complexity index is 636. The van der Waals surface area contributed by atoms with Crippen molar-refractivity contribution in [1.82, 2.24) is 0 Å². The predicted molar refractivity (Wildman–Crippen MR) is 97.4 cm³/mol. The molecule has 0 spiro atoms. The molecule has 138 valence electrons. The molecule has 4 aliphatic carbocycles. The molecule has 3 nitrogen and oxygen atoms in total. The maximum absolute atomic E-state index is 11.2. The van der Waals surface area contributed by atoms with Crippen molar-refractivity contribution >= 4 is 0 Å². The topological polar surface area (TPSA) is 60.7 Å². The van der Waals surface area contributed by atoms with Crippen LogP contribution in [0, 0.1) is 46.8 Å². The summed E-state index contributed by atoms with van der Waals surface area (Å²) in [5, 5.41) is 32.4. The molecule has 0 radical (unpaired) electrons. The van der Waals surface area contributed by atoms with Crippen LogP contribution in [0.25, 0.3) is 0 Å². The van der Waals surface area contributed by atoms with Crippen LogP contribution in [-0.4, -0.2) is 33.1 Å². The first kappa shape index (κ1) is 17.6. The van der Waals surface area contributed by atoms with Gasteiger partial charge < -0.3 is 15.3 Å². The second kappa shape index (κ2) is 5.35. The van der Waals surface area contributed by atoms with Gasteiger partial charge in [-0.05, 0) is 79.6 Å². The molecule has 9 atom stereocenters. The number of hydrogen-bond donors (Lipinski definition) is 3. The van der Waals surface area contributed by atoms with Crippen molar-refractivity contribution in [1.29, 1.82) is 0 Å². The van der Waals surface area contributed by atoms with Crippen LogP contribution in [0.4, 0.5) is 0 Å². The quantitative estimate of drug-likeness (QED) is 0.468. The molecule has 0 aromatic carbocycles. The highest BCUT2D eigenvalue weighted by Gasteiger charge is 2.67. The Morgan fingerprint density at radius 3 is 2.52 bits per heavy atom. The van der Waals surface area contributed by atoms with Crippen LogP contribution in [-0.2, 0) is 0 Å². The van der Waals surface area contributed by atoms with Gasteiger partial charge in [0.1, 0.15) is 0 Å². The molecule has 4 fully saturated rings. The lowest BCUT2D eigenvalue weighted by Crippen LogP contribution is -2.60. The number of aliphatic hydroxyl groups excluding tert-OH is 2. The molecule has 3 N–H and O–H groups in total. The summed E-state index contributed by atoms with van der Waals surface area (Å²) in [6, 6.07) is 0. The fourth-order valence-electron chi connectivity index (χ4n) is 7.44. The minimum Gasteiger partial charge on any atom is -0.393 e. The monoisotopic (exact) mass is 344 g/mol. The molecular formula is C22H32O3. The number of terminal acetylenes is 1. The minimum absolute atomic E-state index is 0.175. The Balaban J connectivity index is 1.73. The zero-order valence-electron chi connectivity index (χ0n) is 15.5. The van der Waals surface area contributed by atoms with E-state index in [0.717, 1.165) is 50.5 Å². The van der Waals surface area contributed by atoms with E-state index in [4.69, 9.17) is 6.42 Å². The van der Waals surface area contributed by atoms with Crippen molar-refractivity contribution < 1.29 is 15.3 Å². The van der Waals surface area contributed by atoms with Gasteiger partial charge in [-0.15, -0.1) is 6.42 Å². The molecule has 25 heavy (non-hydrogen) atoms. The summed E-state index contributed by atoms with van der Waals surface area (Å²) in [5.74, 6) is 3.86. The molecule has 0 saturated heterocycles. The summed E-state index contributed by atoms with van der Waals surface area (Å²) in [4.78, 5) is 0. The van der Waals surface area contributed by atoms with Gasteiger partial charge in [0.15, 0.2) is 5.60 Å². The van der Waals surface area contributed by atoms with Gasteiger partial charge >= 0.3 is 0 Å². The van der Waals surface area contributed by atoms with Crippen molar-refractivity contribution in [2.45, 2.75) is 76.6 Å². The zero-order valence-corrected chi connectivity index (χ0v) is 15.5. The van der Waals surface area contributed by atoms with Crippen LogP contribution >= 0.6 is 0 Å². The lowest BCUT2D eigenvalue weighted by Gasteiger charge is -2.62. The Morgan fingerprint density at radius 1 is 1.12 bits per heavy atom. The van der Waals surface area contributed by atoms with Crippen LogP contribution < -0.4 is 0 Å². The van der Waals surface area contributed by atoms with E-state index >= 15 is 0 Å². The molecule has 4 saturated carbocycles. The third-order valence-corrected chi connectivity index (χ3v) is 9.06. The van der Waals surface area contributed by atoms with E-state index in [1.807, 2.05) is 0 Å². The van der Waals surface area contributed by atoms with Gasteiger partial charge in [-0.2, -0.15) is 0 Å². The van der Waals surface area contributed by atoms with Crippen molar-refractivity contribution in [3.05, 3.63) is 12.2 Å². The summed E-state index contributed by atoms with van der Waals surface area (Å²) in [5.41, 5.74) is -0.703. The van der Waals surface area contributed by atoms with Gasteiger partial charge in [0, 0.05) is 5.41 Å². The normalized spacial score (nSPS) is 58.0. The van der Waals surface area contributed by atoms with Crippen LogP contribution in [0.3, 0.4) is 0 Å². The van der Waals surface area contributed by atoms with Crippen molar-refractivity contribution in [2.75, 3.05) is 0 Å². The highest BCUT2D eigenvalue weighted by atomic mass is 16.3. The molecule has 0 amide bonds. The van der Waals surface area contributed by atoms with Crippen LogP contribution in [0.1, 0.15) is 58.8 Å². The third kappa shape index (κ3) is 2.05. The smallest absolute Gasteiger partial charge is 0.152 e. The highest BCUT2D eigenvalue weighted by Crippen LogP contribution is 2.68. The number of aliphatic hydroxyl groups is 3. The Labute approximate surface area is 151 Å². The molecule has 4 aliphatic rings. The lowest BCUT2D eigenvalue weighted by molar-refractivity contribution is -0.182. The molecular weight excluding hydrogens is 312 g/mol. The maximum atomic E-state index is 11.2. The highest BCUT2D eigenvalue weighted by molar-refractivity contribution is 5.39. The van der Waals surface area contributed by atoms with E-state index in [-0.39, 0.29) is 29.5 Å². The predicted octanol–water partition coefficient (Wildman–Crippen LogP) is 2.89. The van der Waals surface area contributed by atoms with Crippen molar-refractivity contribution in [3.63, 3.8) is 0 Å². The van der Waals surface area contributed by atoms with Gasteiger partial charge in [0.05, 0.1) is 12.2 Å². The SMILES string of the molecule is C#C[C@]1(O)C(=C)CC2C3C(CC[C@@]21C)[C@@]1(C)CC[C@H](O)C[C@H]1C[C@@H]3O. The Morgan fingerprint density at radius 2 is 1.84 bits per heavy atom. The molecule has 0 heterocycles. The van der Waals surface area contributed by atoms with Crippen LogP contribution in [0.2, 0.25) is 0 Å². The average molecular weight is 344 g/mol. The molecule has 3 heteroatoms. The first-order valence-corrected chi connectivity index (χ1v) is 9.92. The summed E-state index contributed by atoms with van der Waals surface area (Å²) in [7, 11) is 0. The molecule has 4 rings (SSSR count). The minimum atomic E-state index is -1.25. The van der Waals surface area contributed by atoms with E-state index in [1.54, 1.807) is 0 Å². The van der Waals surface area contributed by atoms with Crippen molar-refractivity contribution in [3.8, 4) is 12.3 Å². The fraction of sp³-hybridized carbons (Fsp3) is 0.818. The first-order valence-electron chi connectivity index (χ1n) is 9.92. The molecule has 3 unspecified atom stereocenters. The van der Waals surface area contributed by atoms with E-state index in [1.165, 1.54) is 0 Å². The molecule has 0 aromatic rings. The number of rotatable bonds is 0. The average Bonchev–Trinajstić information content (AvgIpc) is 2.77. The fourth-order valence-corrected chi connectivity index (χ4v) is 7.44. The summed E-state index contributed by atoms with van der Waals surface area (Å²) < 4.78 is 0. The summed E-state index contributed by atoms with van der Waals surface area (Å²) in [6.07, 6.45) is 11.3. The van der Waals surface area contributed by atoms with E-state index < -0.39 is 11.0 Å². The second-order valence-corrected chi connectivity index (χ2v) is 9.84. The maximum Gasteiger partial charge on any atom is 0.152 e.